The standard InChI is InChI=1S/C9H11NS2/c1-2-11-10-7-6-8-4-3-5-9(8)12-10/h3-6H,2,7H2,1H3. The molecule has 0 aromatic carbocycles. The normalized spacial score (nSPS) is 22.1. The molecule has 0 aromatic heterocycles. The second-order valence-corrected chi connectivity index (χ2v) is 5.14. The molecule has 0 saturated carbocycles. The van der Waals surface area contributed by atoms with E-state index in [9.17, 15) is 0 Å². The second-order valence-electron chi connectivity index (χ2n) is 2.57. The van der Waals surface area contributed by atoms with Crippen LogP contribution in [0.3, 0.4) is 0 Å². The van der Waals surface area contributed by atoms with Crippen LogP contribution in [0.4, 0.5) is 0 Å². The maximum atomic E-state index is 2.32. The molecule has 64 valence electrons. The quantitative estimate of drug-likeness (QED) is 0.627. The van der Waals surface area contributed by atoms with Gasteiger partial charge in [-0.05, 0) is 23.6 Å². The Morgan fingerprint density at radius 2 is 2.58 bits per heavy atom. The van der Waals surface area contributed by atoms with Gasteiger partial charge in [0.25, 0.3) is 0 Å². The Labute approximate surface area is 81.9 Å². The molecule has 0 amide bonds. The number of rotatable bonds is 2. The van der Waals surface area contributed by atoms with E-state index in [2.05, 4.69) is 34.9 Å². The van der Waals surface area contributed by atoms with Gasteiger partial charge in [0.15, 0.2) is 0 Å². The van der Waals surface area contributed by atoms with Crippen molar-refractivity contribution in [3.63, 3.8) is 0 Å². The lowest BCUT2D eigenvalue weighted by molar-refractivity contribution is 0.835. The highest BCUT2D eigenvalue weighted by Gasteiger charge is 2.17. The second kappa shape index (κ2) is 3.73. The van der Waals surface area contributed by atoms with Crippen LogP contribution in [0.5, 0.6) is 0 Å². The number of hydrogen-bond donors (Lipinski definition) is 0. The number of fused-ring (bicyclic) bond motifs is 1. The lowest BCUT2D eigenvalue weighted by Crippen LogP contribution is -2.11. The van der Waals surface area contributed by atoms with Gasteiger partial charge in [-0.15, -0.1) is 0 Å². The fourth-order valence-corrected chi connectivity index (χ4v) is 3.21. The molecule has 0 fully saturated rings. The summed E-state index contributed by atoms with van der Waals surface area (Å²) in [5.74, 6) is 1.15. The fraction of sp³-hybridized carbons (Fsp3) is 0.333. The Bertz CT molecular complexity index is 266. The van der Waals surface area contributed by atoms with Crippen LogP contribution in [0.2, 0.25) is 0 Å². The van der Waals surface area contributed by atoms with Gasteiger partial charge in [-0.3, -0.25) is 0 Å². The maximum absolute atomic E-state index is 2.32. The summed E-state index contributed by atoms with van der Waals surface area (Å²) in [5.41, 5.74) is 1.40. The minimum absolute atomic E-state index is 1.06. The summed E-state index contributed by atoms with van der Waals surface area (Å²) in [5, 5.41) is 0. The molecule has 0 unspecified atom stereocenters. The molecule has 0 aromatic rings. The van der Waals surface area contributed by atoms with E-state index in [-0.39, 0.29) is 0 Å². The molecular weight excluding hydrogens is 186 g/mol. The van der Waals surface area contributed by atoms with Crippen molar-refractivity contribution in [1.82, 2.24) is 3.71 Å². The predicted molar refractivity (Wildman–Crippen MR) is 57.7 cm³/mol. The number of nitrogens with zero attached hydrogens (tertiary/aromatic N) is 1. The molecule has 1 nitrogen and oxygen atoms in total. The zero-order chi connectivity index (χ0) is 8.39. The van der Waals surface area contributed by atoms with Crippen LogP contribution < -0.4 is 0 Å². The van der Waals surface area contributed by atoms with Crippen molar-refractivity contribution < 1.29 is 0 Å². The molecule has 0 saturated heterocycles. The number of allylic oxidation sites excluding steroid dienone is 4. The van der Waals surface area contributed by atoms with Crippen molar-refractivity contribution >= 4 is 23.9 Å². The lowest BCUT2D eigenvalue weighted by atomic mass is 10.3. The van der Waals surface area contributed by atoms with Crippen molar-refractivity contribution in [1.29, 1.82) is 0 Å². The molecule has 1 heterocycles. The number of hydrogen-bond acceptors (Lipinski definition) is 3. The first-order valence-corrected chi connectivity index (χ1v) is 5.79. The molecule has 0 atom stereocenters. The van der Waals surface area contributed by atoms with E-state index >= 15 is 0 Å². The first kappa shape index (κ1) is 8.48. The Morgan fingerprint density at radius 3 is 3.42 bits per heavy atom. The third-order valence-corrected chi connectivity index (χ3v) is 3.90. The average molecular weight is 197 g/mol. The molecule has 0 bridgehead atoms. The Kier molecular flexibility index (Phi) is 2.63. The Hall–Kier alpha value is -0.120. The van der Waals surface area contributed by atoms with Crippen molar-refractivity contribution in [3.05, 3.63) is 34.8 Å². The highest BCUT2D eigenvalue weighted by Crippen LogP contribution is 2.38. The van der Waals surface area contributed by atoms with Gasteiger partial charge in [0.05, 0.1) is 0 Å². The fourth-order valence-electron chi connectivity index (χ4n) is 1.21. The topological polar surface area (TPSA) is 3.24 Å². The molecule has 0 spiro atoms. The molecule has 0 radical (unpaired) electrons. The Balaban J connectivity index is 2.05. The monoisotopic (exact) mass is 197 g/mol. The molecule has 3 heteroatoms. The van der Waals surface area contributed by atoms with Gasteiger partial charge in [-0.2, -0.15) is 3.71 Å². The first-order valence-electron chi connectivity index (χ1n) is 4.07. The van der Waals surface area contributed by atoms with Gasteiger partial charge in [-0.1, -0.05) is 37.1 Å². The summed E-state index contributed by atoms with van der Waals surface area (Å²) in [4.78, 5) is 1.39. The van der Waals surface area contributed by atoms with E-state index in [0.717, 1.165) is 12.3 Å². The molecule has 1 aliphatic heterocycles. The van der Waals surface area contributed by atoms with Gasteiger partial charge in [0.1, 0.15) is 0 Å². The van der Waals surface area contributed by atoms with E-state index < -0.39 is 0 Å². The van der Waals surface area contributed by atoms with E-state index in [1.54, 1.807) is 0 Å². The Morgan fingerprint density at radius 1 is 1.67 bits per heavy atom. The van der Waals surface area contributed by atoms with E-state index in [1.165, 1.54) is 10.5 Å². The van der Waals surface area contributed by atoms with Crippen LogP contribution in [0.1, 0.15) is 6.92 Å². The third kappa shape index (κ3) is 1.63. The minimum atomic E-state index is 1.06. The smallest absolute Gasteiger partial charge is 0.0396 e. The average Bonchev–Trinajstić information content (AvgIpc) is 2.51. The van der Waals surface area contributed by atoms with E-state index in [4.69, 9.17) is 0 Å². The van der Waals surface area contributed by atoms with Gasteiger partial charge in [-0.25, -0.2) is 0 Å². The van der Waals surface area contributed by atoms with Gasteiger partial charge >= 0.3 is 0 Å². The summed E-state index contributed by atoms with van der Waals surface area (Å²) < 4.78 is 2.32. The van der Waals surface area contributed by atoms with Crippen molar-refractivity contribution in [2.24, 2.45) is 0 Å². The zero-order valence-corrected chi connectivity index (χ0v) is 8.62. The van der Waals surface area contributed by atoms with E-state index in [1.807, 2.05) is 23.9 Å². The van der Waals surface area contributed by atoms with Crippen LogP contribution in [-0.2, 0) is 0 Å². The summed E-state index contributed by atoms with van der Waals surface area (Å²) >= 11 is 3.74. The molecule has 12 heavy (non-hydrogen) atoms. The minimum Gasteiger partial charge on any atom is -0.186 e. The van der Waals surface area contributed by atoms with Crippen LogP contribution in [-0.4, -0.2) is 16.0 Å². The third-order valence-electron chi connectivity index (χ3n) is 1.74. The lowest BCUT2D eigenvalue weighted by Gasteiger charge is -2.22. The van der Waals surface area contributed by atoms with Gasteiger partial charge < -0.3 is 0 Å². The highest BCUT2D eigenvalue weighted by molar-refractivity contribution is 8.14. The summed E-state index contributed by atoms with van der Waals surface area (Å²) in [6.07, 6.45) is 8.76. The molecule has 2 aliphatic rings. The molecule has 1 aliphatic carbocycles. The van der Waals surface area contributed by atoms with Crippen LogP contribution in [0.25, 0.3) is 0 Å². The van der Waals surface area contributed by atoms with Gasteiger partial charge in [0.2, 0.25) is 0 Å². The molecular formula is C9H11NS2. The van der Waals surface area contributed by atoms with Gasteiger partial charge in [0, 0.05) is 17.2 Å². The summed E-state index contributed by atoms with van der Waals surface area (Å²) in [7, 11) is 0. The largest absolute Gasteiger partial charge is 0.186 e. The SMILES string of the molecule is CCSN1CC=C2C=CC=C2S1. The van der Waals surface area contributed by atoms with Crippen molar-refractivity contribution in [2.75, 3.05) is 12.3 Å². The van der Waals surface area contributed by atoms with Crippen LogP contribution in [0, 0.1) is 0 Å². The predicted octanol–water partition coefficient (Wildman–Crippen LogP) is 3.00. The first-order chi connectivity index (χ1) is 5.90. The van der Waals surface area contributed by atoms with Crippen molar-refractivity contribution in [3.8, 4) is 0 Å². The summed E-state index contributed by atoms with van der Waals surface area (Å²) in [6.45, 7) is 3.24. The zero-order valence-electron chi connectivity index (χ0n) is 6.99. The van der Waals surface area contributed by atoms with E-state index in [0.29, 0.717) is 0 Å². The highest BCUT2D eigenvalue weighted by atomic mass is 32.2. The van der Waals surface area contributed by atoms with Crippen molar-refractivity contribution in [2.45, 2.75) is 6.92 Å². The maximum Gasteiger partial charge on any atom is 0.0396 e. The van der Waals surface area contributed by atoms with Crippen LogP contribution >= 0.6 is 23.9 Å². The molecule has 2 rings (SSSR count). The summed E-state index contributed by atoms with van der Waals surface area (Å²) in [6, 6.07) is 0. The van der Waals surface area contributed by atoms with Crippen LogP contribution in [0.15, 0.2) is 34.8 Å². The molecule has 0 N–H and O–H groups in total.